The zero-order valence-corrected chi connectivity index (χ0v) is 16.6. The van der Waals surface area contributed by atoms with Crippen LogP contribution in [0.2, 0.25) is 0 Å². The zero-order chi connectivity index (χ0) is 19.6. The van der Waals surface area contributed by atoms with Crippen LogP contribution >= 0.6 is 0 Å². The topological polar surface area (TPSA) is 54.0 Å². The highest BCUT2D eigenvalue weighted by molar-refractivity contribution is 5.89. The van der Waals surface area contributed by atoms with Crippen LogP contribution in [-0.2, 0) is 4.79 Å². The third-order valence-corrected chi connectivity index (χ3v) is 6.21. The Balaban J connectivity index is 1.07. The number of carbonyl (C=O) groups is 1. The van der Waals surface area contributed by atoms with E-state index in [9.17, 15) is 4.79 Å². The lowest BCUT2D eigenvalue weighted by atomic mass is 9.94. The van der Waals surface area contributed by atoms with Crippen molar-refractivity contribution >= 4 is 17.2 Å². The van der Waals surface area contributed by atoms with E-state index in [0.717, 1.165) is 68.4 Å². The average Bonchev–Trinajstić information content (AvgIpc) is 3.40. The van der Waals surface area contributed by atoms with Crippen molar-refractivity contribution in [3.63, 3.8) is 0 Å². The molecule has 3 aliphatic rings. The molecule has 1 saturated heterocycles. The largest absolute Gasteiger partial charge is 0.454 e. The van der Waals surface area contributed by atoms with Gasteiger partial charge in [0.2, 0.25) is 6.79 Å². The van der Waals surface area contributed by atoms with E-state index >= 15 is 0 Å². The molecule has 29 heavy (non-hydrogen) atoms. The number of fused-ring (bicyclic) bond motifs is 2. The van der Waals surface area contributed by atoms with E-state index in [1.807, 2.05) is 18.2 Å². The van der Waals surface area contributed by atoms with Crippen molar-refractivity contribution in [2.75, 3.05) is 56.3 Å². The van der Waals surface area contributed by atoms with Gasteiger partial charge in [-0.3, -0.25) is 9.69 Å². The maximum Gasteiger partial charge on any atom is 0.231 e. The Bertz CT molecular complexity index is 893. The average molecular weight is 393 g/mol. The van der Waals surface area contributed by atoms with Gasteiger partial charge in [-0.15, -0.1) is 0 Å². The van der Waals surface area contributed by atoms with Gasteiger partial charge >= 0.3 is 0 Å². The first-order valence-corrected chi connectivity index (χ1v) is 10.5. The van der Waals surface area contributed by atoms with E-state index < -0.39 is 0 Å². The molecule has 2 aromatic rings. The fourth-order valence-electron chi connectivity index (χ4n) is 4.53. The summed E-state index contributed by atoms with van der Waals surface area (Å²) in [6, 6.07) is 14.3. The number of para-hydroxylation sites is 1. The number of rotatable bonds is 6. The minimum Gasteiger partial charge on any atom is -0.454 e. The van der Waals surface area contributed by atoms with Gasteiger partial charge in [0, 0.05) is 56.6 Å². The summed E-state index contributed by atoms with van der Waals surface area (Å²) in [4.78, 5) is 17.6. The second-order valence-electron chi connectivity index (χ2n) is 7.96. The van der Waals surface area contributed by atoms with Gasteiger partial charge in [0.1, 0.15) is 5.78 Å². The van der Waals surface area contributed by atoms with Gasteiger partial charge in [-0.25, -0.2) is 0 Å². The normalized spacial score (nSPS) is 20.4. The predicted octanol–water partition coefficient (Wildman–Crippen LogP) is 3.10. The lowest BCUT2D eigenvalue weighted by molar-refractivity contribution is -0.120. The molecule has 3 heterocycles. The third-order valence-electron chi connectivity index (χ3n) is 6.21. The summed E-state index contributed by atoms with van der Waals surface area (Å²) in [5.41, 5.74) is 3.47. The minimum atomic E-state index is 0.0223. The number of ether oxygens (including phenoxy) is 2. The van der Waals surface area contributed by atoms with Crippen LogP contribution in [-0.4, -0.2) is 56.7 Å². The monoisotopic (exact) mass is 393 g/mol. The Morgan fingerprint density at radius 1 is 1.03 bits per heavy atom. The summed E-state index contributed by atoms with van der Waals surface area (Å²) in [5.74, 6) is 2.05. The van der Waals surface area contributed by atoms with Crippen LogP contribution in [0, 0.1) is 0 Å². The van der Waals surface area contributed by atoms with Gasteiger partial charge in [0.15, 0.2) is 11.5 Å². The Morgan fingerprint density at radius 2 is 1.86 bits per heavy atom. The van der Waals surface area contributed by atoms with E-state index in [-0.39, 0.29) is 5.92 Å². The first-order chi connectivity index (χ1) is 14.3. The summed E-state index contributed by atoms with van der Waals surface area (Å²) in [5, 5.41) is 3.35. The number of nitrogens with zero attached hydrogens (tertiary/aromatic N) is 2. The van der Waals surface area contributed by atoms with Crippen LogP contribution in [0.1, 0.15) is 24.3 Å². The Morgan fingerprint density at radius 3 is 2.76 bits per heavy atom. The number of anilines is 2. The van der Waals surface area contributed by atoms with Crippen LogP contribution < -0.4 is 19.7 Å². The highest BCUT2D eigenvalue weighted by Gasteiger charge is 2.27. The van der Waals surface area contributed by atoms with Gasteiger partial charge in [-0.2, -0.15) is 0 Å². The van der Waals surface area contributed by atoms with Gasteiger partial charge < -0.3 is 19.7 Å². The molecule has 0 amide bonds. The molecule has 6 nitrogen and oxygen atoms in total. The summed E-state index contributed by atoms with van der Waals surface area (Å²) in [6.45, 7) is 6.08. The molecule has 0 bridgehead atoms. The second-order valence-corrected chi connectivity index (χ2v) is 7.96. The molecule has 2 aromatic carbocycles. The SMILES string of the molecule is O=C(CCCN1CCN(c2ccc3c(c2)OCO3)CC1)C1CNc2ccccc21. The van der Waals surface area contributed by atoms with Gasteiger partial charge in [-0.1, -0.05) is 18.2 Å². The number of hydrogen-bond acceptors (Lipinski definition) is 6. The molecule has 0 aliphatic carbocycles. The first kappa shape index (κ1) is 18.3. The number of hydrogen-bond donors (Lipinski definition) is 1. The Hall–Kier alpha value is -2.73. The molecular formula is C23H27N3O3. The molecule has 0 aromatic heterocycles. The fourth-order valence-corrected chi connectivity index (χ4v) is 4.53. The van der Waals surface area contributed by atoms with Gasteiger partial charge in [0.25, 0.3) is 0 Å². The van der Waals surface area contributed by atoms with Crippen molar-refractivity contribution in [1.82, 2.24) is 4.90 Å². The Labute approximate surface area is 171 Å². The van der Waals surface area contributed by atoms with Crippen molar-refractivity contribution in [1.29, 1.82) is 0 Å². The van der Waals surface area contributed by atoms with Crippen LogP contribution in [0.25, 0.3) is 0 Å². The molecule has 152 valence electrons. The molecular weight excluding hydrogens is 366 g/mol. The van der Waals surface area contributed by atoms with Gasteiger partial charge in [-0.05, 0) is 36.7 Å². The molecule has 5 rings (SSSR count). The van der Waals surface area contributed by atoms with E-state index in [1.54, 1.807) is 0 Å². The van der Waals surface area contributed by atoms with E-state index in [0.29, 0.717) is 19.0 Å². The molecule has 0 spiro atoms. The van der Waals surface area contributed by atoms with Crippen LogP contribution in [0.15, 0.2) is 42.5 Å². The highest BCUT2D eigenvalue weighted by Crippen LogP contribution is 2.36. The number of nitrogens with one attached hydrogen (secondary N) is 1. The third kappa shape index (κ3) is 3.77. The number of ketones is 1. The number of carbonyl (C=O) groups excluding carboxylic acids is 1. The van der Waals surface area contributed by atoms with E-state index in [4.69, 9.17) is 9.47 Å². The lowest BCUT2D eigenvalue weighted by Crippen LogP contribution is -2.46. The first-order valence-electron chi connectivity index (χ1n) is 10.5. The van der Waals surface area contributed by atoms with E-state index in [1.165, 1.54) is 5.69 Å². The maximum atomic E-state index is 12.7. The molecule has 6 heteroatoms. The summed E-state index contributed by atoms with van der Waals surface area (Å²) >= 11 is 0. The summed E-state index contributed by atoms with van der Waals surface area (Å²) in [6.07, 6.45) is 1.59. The van der Waals surface area contributed by atoms with Crippen molar-refractivity contribution < 1.29 is 14.3 Å². The van der Waals surface area contributed by atoms with Crippen molar-refractivity contribution in [2.24, 2.45) is 0 Å². The summed E-state index contributed by atoms with van der Waals surface area (Å²) in [7, 11) is 0. The van der Waals surface area contributed by atoms with E-state index in [2.05, 4.69) is 39.4 Å². The molecule has 0 radical (unpaired) electrons. The molecule has 0 saturated carbocycles. The minimum absolute atomic E-state index is 0.0223. The smallest absolute Gasteiger partial charge is 0.231 e. The van der Waals surface area contributed by atoms with Crippen molar-refractivity contribution in [2.45, 2.75) is 18.8 Å². The maximum absolute atomic E-state index is 12.7. The second kappa shape index (κ2) is 7.95. The Kier molecular flexibility index (Phi) is 5.02. The molecule has 1 unspecified atom stereocenters. The molecule has 1 atom stereocenters. The number of benzene rings is 2. The quantitative estimate of drug-likeness (QED) is 0.814. The molecule has 1 fully saturated rings. The summed E-state index contributed by atoms with van der Waals surface area (Å²) < 4.78 is 10.9. The highest BCUT2D eigenvalue weighted by atomic mass is 16.7. The van der Waals surface area contributed by atoms with Crippen molar-refractivity contribution in [3.8, 4) is 11.5 Å². The predicted molar refractivity (Wildman–Crippen MR) is 113 cm³/mol. The molecule has 3 aliphatic heterocycles. The fraction of sp³-hybridized carbons (Fsp3) is 0.435. The van der Waals surface area contributed by atoms with Gasteiger partial charge in [0.05, 0.1) is 5.92 Å². The molecule has 1 N–H and O–H groups in total. The number of piperazine rings is 1. The van der Waals surface area contributed by atoms with Crippen LogP contribution in [0.4, 0.5) is 11.4 Å². The lowest BCUT2D eigenvalue weighted by Gasteiger charge is -2.36. The van der Waals surface area contributed by atoms with Crippen LogP contribution in [0.5, 0.6) is 11.5 Å². The zero-order valence-electron chi connectivity index (χ0n) is 16.6. The van der Waals surface area contributed by atoms with Crippen LogP contribution in [0.3, 0.4) is 0 Å². The standard InChI is InChI=1S/C23H27N3O3/c27-21(19-15-24-20-5-2-1-4-18(19)20)6-3-9-25-10-12-26(13-11-25)17-7-8-22-23(14-17)29-16-28-22/h1-2,4-5,7-8,14,19,24H,3,6,9-13,15-16H2. The van der Waals surface area contributed by atoms with Crippen molar-refractivity contribution in [3.05, 3.63) is 48.0 Å². The number of Topliss-reactive ketones (excluding diaryl/α,β-unsaturated/α-hetero) is 1.